The number of nitrogens with zero attached hydrogens (tertiary/aromatic N) is 2. The van der Waals surface area contributed by atoms with Crippen molar-refractivity contribution in [3.63, 3.8) is 0 Å². The second-order valence-electron chi connectivity index (χ2n) is 5.86. The lowest BCUT2D eigenvalue weighted by Gasteiger charge is -2.22. The lowest BCUT2D eigenvalue weighted by Crippen LogP contribution is -2.35. The number of carbonyl (C=O) groups is 1. The van der Waals surface area contributed by atoms with E-state index in [9.17, 15) is 4.79 Å². The first-order valence-electron chi connectivity index (χ1n) is 8.28. The van der Waals surface area contributed by atoms with E-state index in [1.54, 1.807) is 23.2 Å². The molecule has 1 amide bonds. The van der Waals surface area contributed by atoms with Crippen molar-refractivity contribution in [2.24, 2.45) is 0 Å². The van der Waals surface area contributed by atoms with Crippen molar-refractivity contribution >= 4 is 23.3 Å². The van der Waals surface area contributed by atoms with Crippen LogP contribution in [0.15, 0.2) is 72.9 Å². The number of anilines is 1. The van der Waals surface area contributed by atoms with Crippen LogP contribution in [0.2, 0.25) is 5.02 Å². The second-order valence-corrected chi connectivity index (χ2v) is 6.27. The fourth-order valence-corrected chi connectivity index (χ4v) is 2.73. The van der Waals surface area contributed by atoms with Crippen LogP contribution in [-0.2, 0) is 11.3 Å². The van der Waals surface area contributed by atoms with E-state index in [-0.39, 0.29) is 12.5 Å². The van der Waals surface area contributed by atoms with Gasteiger partial charge < -0.3 is 4.74 Å². The topological polar surface area (TPSA) is 42.4 Å². The smallest absolute Gasteiger partial charge is 0.266 e. The third kappa shape index (κ3) is 4.61. The van der Waals surface area contributed by atoms with Gasteiger partial charge in [-0.3, -0.25) is 9.69 Å². The summed E-state index contributed by atoms with van der Waals surface area (Å²) in [4.78, 5) is 18.7. The van der Waals surface area contributed by atoms with Gasteiger partial charge in [0.2, 0.25) is 0 Å². The van der Waals surface area contributed by atoms with Crippen LogP contribution in [0, 0.1) is 6.92 Å². The molecule has 0 spiro atoms. The first-order valence-corrected chi connectivity index (χ1v) is 8.65. The number of pyridine rings is 1. The quantitative estimate of drug-likeness (QED) is 0.637. The van der Waals surface area contributed by atoms with E-state index in [0.29, 0.717) is 23.1 Å². The molecule has 0 bridgehead atoms. The molecule has 0 aliphatic rings. The number of aryl methyl sites for hydroxylation is 1. The van der Waals surface area contributed by atoms with Crippen molar-refractivity contribution < 1.29 is 9.53 Å². The molecule has 132 valence electrons. The molecule has 3 rings (SSSR count). The zero-order valence-corrected chi connectivity index (χ0v) is 15.2. The molecule has 0 aliphatic heterocycles. The Balaban J connectivity index is 1.78. The summed E-state index contributed by atoms with van der Waals surface area (Å²) in [6.45, 7) is 2.23. The van der Waals surface area contributed by atoms with Gasteiger partial charge in [-0.05, 0) is 48.4 Å². The Morgan fingerprint density at radius 1 is 1.08 bits per heavy atom. The summed E-state index contributed by atoms with van der Waals surface area (Å²) in [6.07, 6.45) is 1.66. The van der Waals surface area contributed by atoms with Gasteiger partial charge in [-0.2, -0.15) is 0 Å². The van der Waals surface area contributed by atoms with Crippen molar-refractivity contribution in [2.45, 2.75) is 13.5 Å². The molecule has 1 aromatic heterocycles. The third-order valence-corrected chi connectivity index (χ3v) is 4.23. The molecule has 0 fully saturated rings. The summed E-state index contributed by atoms with van der Waals surface area (Å²) in [7, 11) is 0. The summed E-state index contributed by atoms with van der Waals surface area (Å²) in [6, 6.07) is 20.5. The van der Waals surface area contributed by atoms with Gasteiger partial charge in [0.25, 0.3) is 5.91 Å². The first kappa shape index (κ1) is 18.0. The highest BCUT2D eigenvalue weighted by Crippen LogP contribution is 2.21. The van der Waals surface area contributed by atoms with E-state index in [1.165, 1.54) is 0 Å². The zero-order chi connectivity index (χ0) is 18.4. The molecule has 0 aliphatic carbocycles. The molecular weight excluding hydrogens is 348 g/mol. The fourth-order valence-electron chi connectivity index (χ4n) is 2.54. The molecule has 2 aromatic carbocycles. The van der Waals surface area contributed by atoms with E-state index in [1.807, 2.05) is 61.5 Å². The van der Waals surface area contributed by atoms with E-state index < -0.39 is 0 Å². The Bertz CT molecular complexity index is 884. The van der Waals surface area contributed by atoms with Crippen LogP contribution < -0.4 is 9.64 Å². The molecule has 3 aromatic rings. The van der Waals surface area contributed by atoms with E-state index in [4.69, 9.17) is 16.3 Å². The summed E-state index contributed by atoms with van der Waals surface area (Å²) in [5.41, 5.74) is 1.93. The normalized spacial score (nSPS) is 10.4. The Morgan fingerprint density at radius 2 is 1.88 bits per heavy atom. The molecule has 0 unspecified atom stereocenters. The van der Waals surface area contributed by atoms with Crippen LogP contribution >= 0.6 is 11.6 Å². The van der Waals surface area contributed by atoms with Gasteiger partial charge in [0.05, 0.1) is 6.54 Å². The minimum Gasteiger partial charge on any atom is -0.484 e. The highest BCUT2D eigenvalue weighted by Gasteiger charge is 2.19. The Labute approximate surface area is 158 Å². The van der Waals surface area contributed by atoms with Crippen LogP contribution in [0.1, 0.15) is 11.1 Å². The summed E-state index contributed by atoms with van der Waals surface area (Å²) < 4.78 is 5.67. The molecule has 0 saturated carbocycles. The molecular formula is C21H19ClN2O2. The maximum atomic E-state index is 12.8. The number of amides is 1. The molecule has 0 saturated heterocycles. The van der Waals surface area contributed by atoms with Crippen LogP contribution in [-0.4, -0.2) is 17.5 Å². The van der Waals surface area contributed by atoms with Gasteiger partial charge in [0, 0.05) is 11.2 Å². The minimum atomic E-state index is -0.190. The number of hydrogen-bond acceptors (Lipinski definition) is 3. The predicted molar refractivity (Wildman–Crippen MR) is 104 cm³/mol. The molecule has 26 heavy (non-hydrogen) atoms. The van der Waals surface area contributed by atoms with Crippen molar-refractivity contribution in [3.05, 3.63) is 89.1 Å². The highest BCUT2D eigenvalue weighted by molar-refractivity contribution is 6.31. The van der Waals surface area contributed by atoms with Gasteiger partial charge in [-0.1, -0.05) is 48.0 Å². The Morgan fingerprint density at radius 3 is 2.62 bits per heavy atom. The maximum absolute atomic E-state index is 12.8. The number of ether oxygens (including phenoxy) is 1. The number of benzene rings is 2. The van der Waals surface area contributed by atoms with E-state index in [2.05, 4.69) is 4.98 Å². The lowest BCUT2D eigenvalue weighted by molar-refractivity contribution is -0.120. The van der Waals surface area contributed by atoms with Crippen molar-refractivity contribution in [2.75, 3.05) is 11.5 Å². The van der Waals surface area contributed by atoms with Crippen LogP contribution in [0.3, 0.4) is 0 Å². The number of carbonyl (C=O) groups excluding carboxylic acids is 1. The Kier molecular flexibility index (Phi) is 5.87. The van der Waals surface area contributed by atoms with Crippen molar-refractivity contribution in [3.8, 4) is 5.75 Å². The summed E-state index contributed by atoms with van der Waals surface area (Å²) in [5, 5.41) is 0.612. The maximum Gasteiger partial charge on any atom is 0.266 e. The molecule has 1 heterocycles. The molecule has 0 atom stereocenters. The highest BCUT2D eigenvalue weighted by atomic mass is 35.5. The average molecular weight is 367 g/mol. The average Bonchev–Trinajstić information content (AvgIpc) is 2.66. The van der Waals surface area contributed by atoms with E-state index >= 15 is 0 Å². The lowest BCUT2D eigenvalue weighted by atomic mass is 10.2. The molecule has 5 heteroatoms. The minimum absolute atomic E-state index is 0.0789. The number of hydrogen-bond donors (Lipinski definition) is 0. The molecule has 4 nitrogen and oxygen atoms in total. The summed E-state index contributed by atoms with van der Waals surface area (Å²) >= 11 is 6.26. The first-order chi connectivity index (χ1) is 12.6. The third-order valence-electron chi connectivity index (χ3n) is 3.87. The summed E-state index contributed by atoms with van der Waals surface area (Å²) in [5.74, 6) is 1.03. The van der Waals surface area contributed by atoms with E-state index in [0.717, 1.165) is 11.1 Å². The number of halogens is 1. The standard InChI is InChI=1S/C21H19ClN2O2/c1-16-7-6-9-18(13-16)26-15-21(25)24(20-11-4-5-12-23-20)14-17-8-2-3-10-19(17)22/h2-13H,14-15H2,1H3. The predicted octanol–water partition coefficient (Wildman–Crippen LogP) is 4.66. The van der Waals surface area contributed by atoms with Gasteiger partial charge in [-0.25, -0.2) is 4.98 Å². The Hall–Kier alpha value is -2.85. The monoisotopic (exact) mass is 366 g/mol. The zero-order valence-electron chi connectivity index (χ0n) is 14.4. The number of rotatable bonds is 6. The van der Waals surface area contributed by atoms with Gasteiger partial charge in [0.15, 0.2) is 6.61 Å². The van der Waals surface area contributed by atoms with Crippen molar-refractivity contribution in [1.82, 2.24) is 4.98 Å². The fraction of sp³-hybridized carbons (Fsp3) is 0.143. The van der Waals surface area contributed by atoms with Crippen molar-refractivity contribution in [1.29, 1.82) is 0 Å². The second kappa shape index (κ2) is 8.50. The van der Waals surface area contributed by atoms with Gasteiger partial charge >= 0.3 is 0 Å². The largest absolute Gasteiger partial charge is 0.484 e. The van der Waals surface area contributed by atoms with Crippen LogP contribution in [0.4, 0.5) is 5.82 Å². The van der Waals surface area contributed by atoms with Gasteiger partial charge in [0.1, 0.15) is 11.6 Å². The van der Waals surface area contributed by atoms with Crippen LogP contribution in [0.5, 0.6) is 5.75 Å². The molecule has 0 radical (unpaired) electrons. The molecule has 0 N–H and O–H groups in total. The van der Waals surface area contributed by atoms with Gasteiger partial charge in [-0.15, -0.1) is 0 Å². The van der Waals surface area contributed by atoms with Crippen LogP contribution in [0.25, 0.3) is 0 Å². The SMILES string of the molecule is Cc1cccc(OCC(=O)N(Cc2ccccc2Cl)c2ccccn2)c1. The number of aromatic nitrogens is 1.